The molecule has 0 saturated carbocycles. The summed E-state index contributed by atoms with van der Waals surface area (Å²) >= 11 is 3.39. The highest BCUT2D eigenvalue weighted by Gasteiger charge is 2.16. The molecule has 94 valence electrons. The number of imidazole rings is 1. The largest absolute Gasteiger partial charge is 0.324 e. The first kappa shape index (κ1) is 13.3. The highest BCUT2D eigenvalue weighted by Crippen LogP contribution is 2.26. The predicted molar refractivity (Wildman–Crippen MR) is 73.3 cm³/mol. The van der Waals surface area contributed by atoms with E-state index in [-0.39, 0.29) is 17.4 Å². The quantitative estimate of drug-likeness (QED) is 0.921. The van der Waals surface area contributed by atoms with Gasteiger partial charge in [0.05, 0.1) is 5.69 Å². The SMILES string of the molecule is CC(N)c1ccc(Br)cc1-n1cnc(C#N)c1C#N. The minimum Gasteiger partial charge on any atom is -0.324 e. The van der Waals surface area contributed by atoms with Gasteiger partial charge >= 0.3 is 0 Å². The summed E-state index contributed by atoms with van der Waals surface area (Å²) in [6, 6.07) is 9.33. The van der Waals surface area contributed by atoms with Gasteiger partial charge in [-0.15, -0.1) is 0 Å². The molecule has 0 amide bonds. The molecular weight excluding hydrogens is 306 g/mol. The second kappa shape index (κ2) is 5.23. The van der Waals surface area contributed by atoms with E-state index in [4.69, 9.17) is 11.0 Å². The molecule has 2 aromatic rings. The average molecular weight is 316 g/mol. The van der Waals surface area contributed by atoms with Crippen molar-refractivity contribution < 1.29 is 0 Å². The van der Waals surface area contributed by atoms with Crippen LogP contribution in [0, 0.1) is 22.7 Å². The molecule has 0 radical (unpaired) electrons. The maximum Gasteiger partial charge on any atom is 0.177 e. The van der Waals surface area contributed by atoms with E-state index in [9.17, 15) is 5.26 Å². The molecule has 0 aliphatic carbocycles. The minimum absolute atomic E-state index is 0.109. The maximum absolute atomic E-state index is 9.17. The fourth-order valence-corrected chi connectivity index (χ4v) is 2.18. The number of nitrogens with two attached hydrogens (primary N) is 1. The lowest BCUT2D eigenvalue weighted by Gasteiger charge is -2.14. The smallest absolute Gasteiger partial charge is 0.177 e. The van der Waals surface area contributed by atoms with Crippen molar-refractivity contribution in [3.05, 3.63) is 46.0 Å². The molecule has 1 heterocycles. The van der Waals surface area contributed by atoms with Crippen LogP contribution in [0.1, 0.15) is 29.9 Å². The average Bonchev–Trinajstić information content (AvgIpc) is 2.80. The van der Waals surface area contributed by atoms with Crippen LogP contribution >= 0.6 is 15.9 Å². The second-order valence-corrected chi connectivity index (χ2v) is 4.94. The van der Waals surface area contributed by atoms with Gasteiger partial charge in [0.25, 0.3) is 0 Å². The Labute approximate surface area is 119 Å². The third kappa shape index (κ3) is 2.37. The van der Waals surface area contributed by atoms with Crippen molar-refractivity contribution in [2.75, 3.05) is 0 Å². The van der Waals surface area contributed by atoms with Gasteiger partial charge in [-0.2, -0.15) is 10.5 Å². The summed E-state index contributed by atoms with van der Waals surface area (Å²) in [7, 11) is 0. The van der Waals surface area contributed by atoms with Crippen molar-refractivity contribution in [1.82, 2.24) is 9.55 Å². The van der Waals surface area contributed by atoms with Gasteiger partial charge in [-0.25, -0.2) is 4.98 Å². The van der Waals surface area contributed by atoms with E-state index in [0.717, 1.165) is 15.7 Å². The summed E-state index contributed by atoms with van der Waals surface area (Å²) in [5.74, 6) is 0. The highest BCUT2D eigenvalue weighted by atomic mass is 79.9. The topological polar surface area (TPSA) is 91.4 Å². The van der Waals surface area contributed by atoms with Crippen LogP contribution in [-0.2, 0) is 0 Å². The van der Waals surface area contributed by atoms with Crippen LogP contribution in [0.25, 0.3) is 5.69 Å². The van der Waals surface area contributed by atoms with Crippen LogP contribution < -0.4 is 5.73 Å². The number of hydrogen-bond donors (Lipinski definition) is 1. The van der Waals surface area contributed by atoms with Gasteiger partial charge in [0.1, 0.15) is 18.5 Å². The Balaban J connectivity index is 2.73. The van der Waals surface area contributed by atoms with Gasteiger partial charge in [-0.1, -0.05) is 22.0 Å². The highest BCUT2D eigenvalue weighted by molar-refractivity contribution is 9.10. The van der Waals surface area contributed by atoms with Crippen molar-refractivity contribution in [1.29, 1.82) is 10.5 Å². The van der Waals surface area contributed by atoms with Crippen LogP contribution in [-0.4, -0.2) is 9.55 Å². The summed E-state index contributed by atoms with van der Waals surface area (Å²) < 4.78 is 2.45. The normalized spacial score (nSPS) is 11.6. The molecule has 0 aliphatic rings. The molecule has 1 atom stereocenters. The van der Waals surface area contributed by atoms with Crippen molar-refractivity contribution in [2.45, 2.75) is 13.0 Å². The van der Waals surface area contributed by atoms with Crippen molar-refractivity contribution >= 4 is 15.9 Å². The third-order valence-electron chi connectivity index (χ3n) is 2.72. The van der Waals surface area contributed by atoms with Gasteiger partial charge in [0.15, 0.2) is 11.4 Å². The predicted octanol–water partition coefficient (Wildman–Crippen LogP) is 2.40. The van der Waals surface area contributed by atoms with E-state index < -0.39 is 0 Å². The standard InChI is InChI=1S/C13H10BrN5/c1-8(17)10-3-2-9(14)4-12(10)19-7-18-11(5-15)13(19)6-16/h2-4,7-8H,17H2,1H3. The molecule has 2 rings (SSSR count). The van der Waals surface area contributed by atoms with Crippen molar-refractivity contribution in [2.24, 2.45) is 5.73 Å². The molecule has 0 fully saturated rings. The van der Waals surface area contributed by atoms with Crippen LogP contribution in [0.2, 0.25) is 0 Å². The molecule has 6 heteroatoms. The first-order valence-corrected chi connectivity index (χ1v) is 6.30. The molecule has 19 heavy (non-hydrogen) atoms. The summed E-state index contributed by atoms with van der Waals surface area (Å²) in [6.45, 7) is 1.86. The third-order valence-corrected chi connectivity index (χ3v) is 3.22. The summed E-state index contributed by atoms with van der Waals surface area (Å²) in [4.78, 5) is 3.94. The molecule has 2 N–H and O–H groups in total. The van der Waals surface area contributed by atoms with Crippen LogP contribution in [0.4, 0.5) is 0 Å². The fourth-order valence-electron chi connectivity index (χ4n) is 1.83. The number of benzene rings is 1. The van der Waals surface area contributed by atoms with Crippen molar-refractivity contribution in [3.63, 3.8) is 0 Å². The van der Waals surface area contributed by atoms with Crippen LogP contribution in [0.3, 0.4) is 0 Å². The van der Waals surface area contributed by atoms with Crippen molar-refractivity contribution in [3.8, 4) is 17.8 Å². The molecule has 0 saturated heterocycles. The Hall–Kier alpha value is -2.15. The van der Waals surface area contributed by atoms with Gasteiger partial charge in [-0.05, 0) is 24.6 Å². The molecule has 0 bridgehead atoms. The van der Waals surface area contributed by atoms with Gasteiger partial charge in [-0.3, -0.25) is 4.57 Å². The van der Waals surface area contributed by atoms with Crippen LogP contribution in [0.15, 0.2) is 29.0 Å². The van der Waals surface area contributed by atoms with Gasteiger partial charge in [0, 0.05) is 10.5 Å². The fraction of sp³-hybridized carbons (Fsp3) is 0.154. The zero-order valence-electron chi connectivity index (χ0n) is 10.1. The molecule has 0 aliphatic heterocycles. The van der Waals surface area contributed by atoms with E-state index in [2.05, 4.69) is 20.9 Å². The lowest BCUT2D eigenvalue weighted by Crippen LogP contribution is -2.10. The molecule has 5 nitrogen and oxygen atoms in total. The van der Waals surface area contributed by atoms with E-state index in [1.165, 1.54) is 6.33 Å². The Kier molecular flexibility index (Phi) is 3.66. The van der Waals surface area contributed by atoms with E-state index in [0.29, 0.717) is 0 Å². The Bertz CT molecular complexity index is 703. The molecule has 1 aromatic heterocycles. The lowest BCUT2D eigenvalue weighted by molar-refractivity contribution is 0.802. The lowest BCUT2D eigenvalue weighted by atomic mass is 10.1. The number of nitrogens with zero attached hydrogens (tertiary/aromatic N) is 4. The monoisotopic (exact) mass is 315 g/mol. The zero-order chi connectivity index (χ0) is 14.0. The van der Waals surface area contributed by atoms with Crippen LogP contribution in [0.5, 0.6) is 0 Å². The Morgan fingerprint density at radius 1 is 1.37 bits per heavy atom. The number of hydrogen-bond acceptors (Lipinski definition) is 4. The summed E-state index contributed by atoms with van der Waals surface area (Å²) in [5, 5.41) is 18.1. The molecule has 0 spiro atoms. The van der Waals surface area contributed by atoms with E-state index >= 15 is 0 Å². The van der Waals surface area contributed by atoms with Gasteiger partial charge < -0.3 is 5.73 Å². The van der Waals surface area contributed by atoms with E-state index in [1.54, 1.807) is 4.57 Å². The number of nitriles is 2. The first-order valence-electron chi connectivity index (χ1n) is 5.51. The molecule has 1 unspecified atom stereocenters. The zero-order valence-corrected chi connectivity index (χ0v) is 11.7. The molecule has 1 aromatic carbocycles. The number of rotatable bonds is 2. The Morgan fingerprint density at radius 2 is 2.11 bits per heavy atom. The maximum atomic E-state index is 9.17. The second-order valence-electron chi connectivity index (χ2n) is 4.03. The first-order chi connectivity index (χ1) is 9.08. The van der Waals surface area contributed by atoms with Gasteiger partial charge in [0.2, 0.25) is 0 Å². The Morgan fingerprint density at radius 3 is 2.68 bits per heavy atom. The summed E-state index contributed by atoms with van der Waals surface area (Å²) in [6.07, 6.45) is 1.46. The number of halogens is 1. The number of aromatic nitrogens is 2. The molecular formula is C13H10BrN5. The summed E-state index contributed by atoms with van der Waals surface area (Å²) in [5.41, 5.74) is 7.88. The minimum atomic E-state index is -0.192. The van der Waals surface area contributed by atoms with E-state index in [1.807, 2.05) is 37.3 Å².